The zero-order valence-corrected chi connectivity index (χ0v) is 9.34. The van der Waals surface area contributed by atoms with Crippen molar-refractivity contribution in [1.82, 2.24) is 9.78 Å². The molecule has 0 radical (unpaired) electrons. The predicted octanol–water partition coefficient (Wildman–Crippen LogP) is 1.46. The number of nitrogens with two attached hydrogens (primary N) is 1. The molecular formula is C13H13N3O. The van der Waals surface area contributed by atoms with E-state index in [4.69, 9.17) is 5.73 Å². The smallest absolute Gasteiger partial charge is 0.244 e. The van der Waals surface area contributed by atoms with E-state index in [-0.39, 0.29) is 0 Å². The summed E-state index contributed by atoms with van der Waals surface area (Å²) in [7, 11) is 0. The highest BCUT2D eigenvalue weighted by molar-refractivity contribution is 5.91. The minimum Gasteiger partial charge on any atom is -0.366 e. The lowest BCUT2D eigenvalue weighted by Crippen LogP contribution is -2.14. The average Bonchev–Trinajstić information content (AvgIpc) is 2.83. The topological polar surface area (TPSA) is 60.9 Å². The lowest BCUT2D eigenvalue weighted by Gasteiger charge is -2.04. The first-order valence-electron chi connectivity index (χ1n) is 5.23. The third-order valence-corrected chi connectivity index (χ3v) is 2.47. The molecule has 0 spiro atoms. The van der Waals surface area contributed by atoms with E-state index in [2.05, 4.69) is 11.7 Å². The van der Waals surface area contributed by atoms with Crippen LogP contribution in [0.5, 0.6) is 0 Å². The van der Waals surface area contributed by atoms with Gasteiger partial charge in [-0.05, 0) is 23.8 Å². The molecule has 0 aliphatic rings. The van der Waals surface area contributed by atoms with Crippen molar-refractivity contribution in [3.05, 3.63) is 60.4 Å². The number of carbonyl (C=O) groups is 1. The van der Waals surface area contributed by atoms with Crippen molar-refractivity contribution in [2.75, 3.05) is 0 Å². The van der Waals surface area contributed by atoms with Crippen LogP contribution in [0.1, 0.15) is 5.56 Å². The number of amides is 1. The second-order valence-corrected chi connectivity index (χ2v) is 3.76. The van der Waals surface area contributed by atoms with E-state index in [0.717, 1.165) is 11.3 Å². The van der Waals surface area contributed by atoms with Gasteiger partial charge < -0.3 is 5.73 Å². The molecular weight excluding hydrogens is 214 g/mol. The Bertz CT molecular complexity index is 526. The molecule has 1 heterocycles. The predicted molar refractivity (Wildman–Crippen MR) is 65.6 cm³/mol. The number of primary amides is 1. The minimum absolute atomic E-state index is 0.414. The number of hydrogen-bond acceptors (Lipinski definition) is 2. The van der Waals surface area contributed by atoms with Gasteiger partial charge in [0, 0.05) is 24.4 Å². The number of nitrogens with zero attached hydrogens (tertiary/aromatic N) is 2. The van der Waals surface area contributed by atoms with Gasteiger partial charge in [0.1, 0.15) is 0 Å². The molecule has 0 saturated heterocycles. The van der Waals surface area contributed by atoms with Crippen LogP contribution in [0.4, 0.5) is 0 Å². The van der Waals surface area contributed by atoms with E-state index in [1.165, 1.54) is 0 Å². The summed E-state index contributed by atoms with van der Waals surface area (Å²) < 4.78 is 1.77. The molecule has 0 fully saturated rings. The summed E-state index contributed by atoms with van der Waals surface area (Å²) in [4.78, 5) is 10.9. The first-order valence-corrected chi connectivity index (χ1v) is 5.23. The van der Waals surface area contributed by atoms with Crippen LogP contribution < -0.4 is 5.73 Å². The molecule has 0 aliphatic carbocycles. The number of aromatic nitrogens is 2. The van der Waals surface area contributed by atoms with Gasteiger partial charge in [-0.1, -0.05) is 18.7 Å². The molecule has 0 saturated carbocycles. The van der Waals surface area contributed by atoms with Gasteiger partial charge in [0.2, 0.25) is 5.91 Å². The Kier molecular flexibility index (Phi) is 3.05. The Morgan fingerprint density at radius 3 is 2.59 bits per heavy atom. The first-order chi connectivity index (χ1) is 8.16. The maximum Gasteiger partial charge on any atom is 0.244 e. The second kappa shape index (κ2) is 4.65. The molecule has 2 aromatic rings. The summed E-state index contributed by atoms with van der Waals surface area (Å²) in [6.45, 7) is 3.63. The summed E-state index contributed by atoms with van der Waals surface area (Å²) in [5.74, 6) is -0.457. The fourth-order valence-electron chi connectivity index (χ4n) is 1.52. The summed E-state index contributed by atoms with van der Waals surface area (Å²) in [5.41, 5.74) is 7.53. The molecule has 17 heavy (non-hydrogen) atoms. The van der Waals surface area contributed by atoms with E-state index in [1.54, 1.807) is 10.9 Å². The molecule has 1 aromatic carbocycles. The standard InChI is InChI=1S/C13H13N3O/c1-10(13(14)17)9-11-3-5-12(6-4-11)16-8-2-7-15-16/h2-8H,1,9H2,(H2,14,17). The normalized spacial score (nSPS) is 10.1. The van der Waals surface area contributed by atoms with Gasteiger partial charge in [0.25, 0.3) is 0 Å². The number of benzene rings is 1. The molecule has 0 atom stereocenters. The largest absolute Gasteiger partial charge is 0.366 e. The Hall–Kier alpha value is -2.36. The lowest BCUT2D eigenvalue weighted by molar-refractivity contribution is -0.114. The number of rotatable bonds is 4. The van der Waals surface area contributed by atoms with Crippen molar-refractivity contribution in [1.29, 1.82) is 0 Å². The molecule has 0 unspecified atom stereocenters. The van der Waals surface area contributed by atoms with E-state index in [1.807, 2.05) is 36.5 Å². The molecule has 0 aliphatic heterocycles. The van der Waals surface area contributed by atoms with Crippen molar-refractivity contribution in [3.63, 3.8) is 0 Å². The third kappa shape index (κ3) is 2.60. The SMILES string of the molecule is C=C(Cc1ccc(-n2cccn2)cc1)C(N)=O. The van der Waals surface area contributed by atoms with E-state index in [9.17, 15) is 4.79 Å². The molecule has 86 valence electrons. The Balaban J connectivity index is 2.14. The maximum absolute atomic E-state index is 10.9. The molecule has 4 nitrogen and oxygen atoms in total. The Morgan fingerprint density at radius 2 is 2.06 bits per heavy atom. The molecule has 4 heteroatoms. The monoisotopic (exact) mass is 227 g/mol. The van der Waals surface area contributed by atoms with Crippen molar-refractivity contribution >= 4 is 5.91 Å². The van der Waals surface area contributed by atoms with Crippen LogP contribution in [0.3, 0.4) is 0 Å². The molecule has 2 rings (SSSR count). The van der Waals surface area contributed by atoms with Crippen LogP contribution >= 0.6 is 0 Å². The Labute approximate surface area is 99.4 Å². The van der Waals surface area contributed by atoms with Gasteiger partial charge in [0.15, 0.2) is 0 Å². The zero-order chi connectivity index (χ0) is 12.3. The highest BCUT2D eigenvalue weighted by atomic mass is 16.1. The fraction of sp³-hybridized carbons (Fsp3) is 0.0769. The van der Waals surface area contributed by atoms with Crippen LogP contribution in [-0.2, 0) is 11.2 Å². The molecule has 1 amide bonds. The van der Waals surface area contributed by atoms with Crippen molar-refractivity contribution in [2.24, 2.45) is 5.73 Å². The van der Waals surface area contributed by atoms with Crippen LogP contribution in [-0.4, -0.2) is 15.7 Å². The summed E-state index contributed by atoms with van der Waals surface area (Å²) in [5, 5.41) is 4.13. The number of carbonyl (C=O) groups excluding carboxylic acids is 1. The number of hydrogen-bond donors (Lipinski definition) is 1. The van der Waals surface area contributed by atoms with Crippen molar-refractivity contribution in [3.8, 4) is 5.69 Å². The first kappa shape index (κ1) is 11.1. The van der Waals surface area contributed by atoms with Crippen LogP contribution in [0.15, 0.2) is 54.9 Å². The zero-order valence-electron chi connectivity index (χ0n) is 9.34. The second-order valence-electron chi connectivity index (χ2n) is 3.76. The maximum atomic E-state index is 10.9. The average molecular weight is 227 g/mol. The minimum atomic E-state index is -0.457. The summed E-state index contributed by atoms with van der Waals surface area (Å²) in [6, 6.07) is 9.62. The summed E-state index contributed by atoms with van der Waals surface area (Å²) >= 11 is 0. The van der Waals surface area contributed by atoms with E-state index in [0.29, 0.717) is 12.0 Å². The van der Waals surface area contributed by atoms with Gasteiger partial charge in [-0.15, -0.1) is 0 Å². The molecule has 2 N–H and O–H groups in total. The lowest BCUT2D eigenvalue weighted by atomic mass is 10.1. The van der Waals surface area contributed by atoms with Gasteiger partial charge >= 0.3 is 0 Å². The van der Waals surface area contributed by atoms with Gasteiger partial charge in [-0.25, -0.2) is 4.68 Å². The quantitative estimate of drug-likeness (QED) is 0.804. The highest BCUT2D eigenvalue weighted by Crippen LogP contribution is 2.11. The Morgan fingerprint density at radius 1 is 1.35 bits per heavy atom. The highest BCUT2D eigenvalue weighted by Gasteiger charge is 2.03. The van der Waals surface area contributed by atoms with Gasteiger partial charge in [-0.3, -0.25) is 4.79 Å². The molecule has 1 aromatic heterocycles. The van der Waals surface area contributed by atoms with E-state index < -0.39 is 5.91 Å². The van der Waals surface area contributed by atoms with Crippen LogP contribution in [0.2, 0.25) is 0 Å². The summed E-state index contributed by atoms with van der Waals surface area (Å²) in [6.07, 6.45) is 4.08. The van der Waals surface area contributed by atoms with Crippen molar-refractivity contribution in [2.45, 2.75) is 6.42 Å². The third-order valence-electron chi connectivity index (χ3n) is 2.47. The van der Waals surface area contributed by atoms with E-state index >= 15 is 0 Å². The van der Waals surface area contributed by atoms with Crippen LogP contribution in [0, 0.1) is 0 Å². The van der Waals surface area contributed by atoms with Crippen LogP contribution in [0.25, 0.3) is 5.69 Å². The fourth-order valence-corrected chi connectivity index (χ4v) is 1.52. The van der Waals surface area contributed by atoms with Crippen molar-refractivity contribution < 1.29 is 4.79 Å². The van der Waals surface area contributed by atoms with Gasteiger partial charge in [0.05, 0.1) is 5.69 Å². The van der Waals surface area contributed by atoms with Gasteiger partial charge in [-0.2, -0.15) is 5.10 Å². The molecule has 0 bridgehead atoms.